The maximum absolute atomic E-state index is 13.1. The highest BCUT2D eigenvalue weighted by atomic mass is 16.7. The second kappa shape index (κ2) is 9.22. The van der Waals surface area contributed by atoms with Gasteiger partial charge in [0.2, 0.25) is 5.91 Å². The number of hydroxylamine groups is 2. The molecule has 1 aromatic carbocycles. The summed E-state index contributed by atoms with van der Waals surface area (Å²) in [5.41, 5.74) is 1.09. The average molecular weight is 456 g/mol. The smallest absolute Gasteiger partial charge is 0.311 e. The highest BCUT2D eigenvalue weighted by Gasteiger charge is 2.58. The first kappa shape index (κ1) is 22.8. The minimum atomic E-state index is -0.806. The molecule has 176 valence electrons. The van der Waals surface area contributed by atoms with E-state index in [1.54, 1.807) is 25.0 Å². The van der Waals surface area contributed by atoms with E-state index in [0.717, 1.165) is 11.3 Å². The molecule has 2 aliphatic heterocycles. The van der Waals surface area contributed by atoms with E-state index < -0.39 is 17.4 Å². The van der Waals surface area contributed by atoms with Gasteiger partial charge in [0.15, 0.2) is 0 Å². The molecule has 33 heavy (non-hydrogen) atoms. The zero-order chi connectivity index (χ0) is 23.6. The van der Waals surface area contributed by atoms with Crippen molar-refractivity contribution in [2.24, 2.45) is 5.92 Å². The van der Waals surface area contributed by atoms with Crippen LogP contribution in [0, 0.1) is 5.92 Å². The van der Waals surface area contributed by atoms with Crippen LogP contribution in [0.25, 0.3) is 11.3 Å². The largest absolute Gasteiger partial charge is 0.497 e. The molecular formula is C23H28N4O6. The van der Waals surface area contributed by atoms with Gasteiger partial charge in [0.1, 0.15) is 11.4 Å². The number of methoxy groups -OCH3 is 2. The van der Waals surface area contributed by atoms with Gasteiger partial charge in [-0.15, -0.1) is 0 Å². The predicted octanol–water partition coefficient (Wildman–Crippen LogP) is 2.03. The lowest BCUT2D eigenvalue weighted by atomic mass is 9.77. The van der Waals surface area contributed by atoms with E-state index in [4.69, 9.17) is 14.3 Å². The molecule has 1 atom stereocenters. The van der Waals surface area contributed by atoms with Crippen molar-refractivity contribution in [3.8, 4) is 17.0 Å². The third-order valence-electron chi connectivity index (χ3n) is 6.51. The molecule has 1 N–H and O–H groups in total. The SMILES string of the molecule is CCON1C(=O)CC(C(=O)OC)C12CCN(C(=O)c1cc(-c3ccc(OC)cc3)n[nH]1)CC2. The number of aromatic nitrogens is 2. The molecule has 0 saturated carbocycles. The van der Waals surface area contributed by atoms with E-state index in [0.29, 0.717) is 43.9 Å². The Kier molecular flexibility index (Phi) is 6.37. The minimum Gasteiger partial charge on any atom is -0.497 e. The maximum atomic E-state index is 13.1. The number of benzene rings is 1. The normalized spacial score (nSPS) is 19.7. The molecule has 1 aromatic heterocycles. The highest BCUT2D eigenvalue weighted by Crippen LogP contribution is 2.44. The van der Waals surface area contributed by atoms with Gasteiger partial charge in [0.05, 0.1) is 38.0 Å². The Morgan fingerprint density at radius 3 is 2.48 bits per heavy atom. The standard InChI is InChI=1S/C23H28N4O6/c1-4-33-27-20(28)13-17(22(30)32-3)23(27)9-11-26(12-10-23)21(29)19-14-18(24-25-19)15-5-7-16(31-2)8-6-15/h5-8,14,17H,4,9-13H2,1-3H3,(H,24,25). The number of esters is 1. The number of likely N-dealkylation sites (tertiary alicyclic amines) is 1. The molecule has 1 unspecified atom stereocenters. The number of hydrogen-bond donors (Lipinski definition) is 1. The number of amides is 2. The van der Waals surface area contributed by atoms with Gasteiger partial charge in [0, 0.05) is 25.1 Å². The van der Waals surface area contributed by atoms with Gasteiger partial charge in [-0.1, -0.05) is 0 Å². The van der Waals surface area contributed by atoms with Crippen LogP contribution in [0.3, 0.4) is 0 Å². The monoisotopic (exact) mass is 456 g/mol. The van der Waals surface area contributed by atoms with Crippen LogP contribution in [-0.2, 0) is 19.2 Å². The van der Waals surface area contributed by atoms with Crippen molar-refractivity contribution in [2.45, 2.75) is 31.7 Å². The zero-order valence-electron chi connectivity index (χ0n) is 19.0. The van der Waals surface area contributed by atoms with Crippen molar-refractivity contribution in [1.29, 1.82) is 0 Å². The molecule has 2 saturated heterocycles. The quantitative estimate of drug-likeness (QED) is 0.662. The Bertz CT molecular complexity index is 1030. The van der Waals surface area contributed by atoms with Gasteiger partial charge in [-0.25, -0.2) is 5.06 Å². The van der Waals surface area contributed by atoms with Crippen LogP contribution in [0.1, 0.15) is 36.7 Å². The molecule has 2 amide bonds. The predicted molar refractivity (Wildman–Crippen MR) is 117 cm³/mol. The summed E-state index contributed by atoms with van der Waals surface area (Å²) in [7, 11) is 2.92. The molecule has 0 aliphatic carbocycles. The molecule has 10 nitrogen and oxygen atoms in total. The number of ether oxygens (including phenoxy) is 2. The topological polar surface area (TPSA) is 114 Å². The third-order valence-corrected chi connectivity index (χ3v) is 6.51. The van der Waals surface area contributed by atoms with Crippen LogP contribution in [0.5, 0.6) is 5.75 Å². The first-order valence-corrected chi connectivity index (χ1v) is 11.0. The van der Waals surface area contributed by atoms with Crippen molar-refractivity contribution in [3.05, 3.63) is 36.0 Å². The molecule has 0 radical (unpaired) electrons. The van der Waals surface area contributed by atoms with Crippen LogP contribution in [0.2, 0.25) is 0 Å². The first-order valence-electron chi connectivity index (χ1n) is 11.0. The zero-order valence-corrected chi connectivity index (χ0v) is 19.0. The Labute approximate surface area is 191 Å². The molecule has 2 aliphatic rings. The number of rotatable bonds is 6. The van der Waals surface area contributed by atoms with Crippen LogP contribution >= 0.6 is 0 Å². The summed E-state index contributed by atoms with van der Waals surface area (Å²) in [5.74, 6) is -0.719. The Hall–Kier alpha value is -3.40. The van der Waals surface area contributed by atoms with Gasteiger partial charge in [0.25, 0.3) is 5.91 Å². The lowest BCUT2D eigenvalue weighted by molar-refractivity contribution is -0.220. The van der Waals surface area contributed by atoms with E-state index in [2.05, 4.69) is 10.2 Å². The summed E-state index contributed by atoms with van der Waals surface area (Å²) in [4.78, 5) is 45.5. The molecule has 1 spiro atoms. The Morgan fingerprint density at radius 1 is 1.18 bits per heavy atom. The fraction of sp³-hybridized carbons (Fsp3) is 0.478. The fourth-order valence-corrected chi connectivity index (χ4v) is 4.77. The summed E-state index contributed by atoms with van der Waals surface area (Å²) >= 11 is 0. The lowest BCUT2D eigenvalue weighted by Crippen LogP contribution is -2.58. The van der Waals surface area contributed by atoms with Gasteiger partial charge in [-0.05, 0) is 50.1 Å². The summed E-state index contributed by atoms with van der Waals surface area (Å²) < 4.78 is 10.1. The number of nitrogens with one attached hydrogen (secondary N) is 1. The average Bonchev–Trinajstić information content (AvgIpc) is 3.44. The number of carbonyl (C=O) groups is 3. The summed E-state index contributed by atoms with van der Waals surface area (Å²) in [5, 5.41) is 8.46. The second-order valence-electron chi connectivity index (χ2n) is 8.18. The van der Waals surface area contributed by atoms with Gasteiger partial charge < -0.3 is 14.4 Å². The van der Waals surface area contributed by atoms with Crippen LogP contribution in [0.4, 0.5) is 0 Å². The van der Waals surface area contributed by atoms with Crippen molar-refractivity contribution in [3.63, 3.8) is 0 Å². The Morgan fingerprint density at radius 2 is 1.88 bits per heavy atom. The Balaban J connectivity index is 1.48. The van der Waals surface area contributed by atoms with Crippen LogP contribution in [0.15, 0.2) is 30.3 Å². The number of H-pyrrole nitrogens is 1. The number of carbonyl (C=O) groups excluding carboxylic acids is 3. The number of hydrogen-bond acceptors (Lipinski definition) is 7. The van der Waals surface area contributed by atoms with Crippen molar-refractivity contribution < 1.29 is 28.7 Å². The second-order valence-corrected chi connectivity index (χ2v) is 8.18. The van der Waals surface area contributed by atoms with Crippen molar-refractivity contribution in [2.75, 3.05) is 33.9 Å². The lowest BCUT2D eigenvalue weighted by Gasteiger charge is -2.45. The number of piperidine rings is 1. The summed E-state index contributed by atoms with van der Waals surface area (Å²) in [6, 6.07) is 9.14. The van der Waals surface area contributed by atoms with Crippen LogP contribution in [-0.4, -0.2) is 77.4 Å². The molecular weight excluding hydrogens is 428 g/mol. The van der Waals surface area contributed by atoms with E-state index in [9.17, 15) is 14.4 Å². The third kappa shape index (κ3) is 4.06. The van der Waals surface area contributed by atoms with E-state index in [-0.39, 0.29) is 18.2 Å². The molecule has 0 bridgehead atoms. The first-order chi connectivity index (χ1) is 15.9. The van der Waals surface area contributed by atoms with E-state index in [1.807, 2.05) is 24.3 Å². The summed E-state index contributed by atoms with van der Waals surface area (Å²) in [6.07, 6.45) is 0.889. The maximum Gasteiger partial charge on any atom is 0.311 e. The van der Waals surface area contributed by atoms with E-state index >= 15 is 0 Å². The number of nitrogens with zero attached hydrogens (tertiary/aromatic N) is 3. The van der Waals surface area contributed by atoms with Gasteiger partial charge in [-0.3, -0.25) is 24.3 Å². The molecule has 4 rings (SSSR count). The van der Waals surface area contributed by atoms with Crippen molar-refractivity contribution >= 4 is 17.8 Å². The summed E-state index contributed by atoms with van der Waals surface area (Å²) in [6.45, 7) is 2.86. The van der Waals surface area contributed by atoms with Gasteiger partial charge in [-0.2, -0.15) is 5.10 Å². The fourth-order valence-electron chi connectivity index (χ4n) is 4.77. The van der Waals surface area contributed by atoms with E-state index in [1.165, 1.54) is 12.2 Å². The highest BCUT2D eigenvalue weighted by molar-refractivity contribution is 5.94. The molecule has 2 fully saturated rings. The van der Waals surface area contributed by atoms with Crippen LogP contribution < -0.4 is 4.74 Å². The number of aromatic amines is 1. The van der Waals surface area contributed by atoms with Gasteiger partial charge >= 0.3 is 5.97 Å². The molecule has 10 heteroatoms. The minimum absolute atomic E-state index is 0.0480. The van der Waals surface area contributed by atoms with Crippen molar-refractivity contribution in [1.82, 2.24) is 20.2 Å². The molecule has 3 heterocycles. The molecule has 2 aromatic rings.